The molecule has 5 rings (SSSR count). The van der Waals surface area contributed by atoms with Crippen molar-refractivity contribution in [2.24, 2.45) is 7.05 Å². The molecular weight excluding hydrogens is 361 g/mol. The highest BCUT2D eigenvalue weighted by atomic mass is 19.1. The van der Waals surface area contributed by atoms with E-state index in [0.29, 0.717) is 28.3 Å². The van der Waals surface area contributed by atoms with Crippen LogP contribution in [0.2, 0.25) is 0 Å². The number of nitrogens with zero attached hydrogens (tertiary/aromatic N) is 4. The highest BCUT2D eigenvalue weighted by molar-refractivity contribution is 5.97. The molecule has 0 bridgehead atoms. The van der Waals surface area contributed by atoms with E-state index in [1.54, 1.807) is 11.7 Å². The van der Waals surface area contributed by atoms with Crippen LogP contribution in [0.4, 0.5) is 15.8 Å². The van der Waals surface area contributed by atoms with E-state index in [1.807, 2.05) is 24.3 Å². The molecule has 4 N–H and O–H groups in total. The van der Waals surface area contributed by atoms with Crippen molar-refractivity contribution in [3.8, 4) is 0 Å². The highest BCUT2D eigenvalue weighted by Gasteiger charge is 2.37. The Morgan fingerprint density at radius 2 is 2.00 bits per heavy atom. The SMILES string of the molecule is Cn1ncnc1[C@H]1c2n[nH]c(=O)c3cc(F)cc(c23)N[C@@H]1c1ccc(N)cc1. The first-order chi connectivity index (χ1) is 13.5. The Labute approximate surface area is 158 Å². The number of rotatable bonds is 2. The maximum absolute atomic E-state index is 14.2. The fourth-order valence-electron chi connectivity index (χ4n) is 3.87. The molecule has 3 heterocycles. The maximum Gasteiger partial charge on any atom is 0.272 e. The van der Waals surface area contributed by atoms with Gasteiger partial charge in [-0.2, -0.15) is 10.2 Å². The number of anilines is 2. The van der Waals surface area contributed by atoms with E-state index >= 15 is 0 Å². The van der Waals surface area contributed by atoms with Crippen LogP contribution in [0.25, 0.3) is 10.8 Å². The van der Waals surface area contributed by atoms with Crippen molar-refractivity contribution in [2.45, 2.75) is 12.0 Å². The van der Waals surface area contributed by atoms with Gasteiger partial charge in [-0.3, -0.25) is 9.48 Å². The van der Waals surface area contributed by atoms with Crippen molar-refractivity contribution in [2.75, 3.05) is 11.1 Å². The van der Waals surface area contributed by atoms with E-state index in [-0.39, 0.29) is 17.3 Å². The molecule has 0 saturated heterocycles. The van der Waals surface area contributed by atoms with E-state index in [2.05, 4.69) is 25.6 Å². The van der Waals surface area contributed by atoms with Gasteiger partial charge >= 0.3 is 0 Å². The van der Waals surface area contributed by atoms with Gasteiger partial charge in [-0.15, -0.1) is 0 Å². The lowest BCUT2D eigenvalue weighted by molar-refractivity contribution is 0.564. The molecule has 0 spiro atoms. The molecule has 140 valence electrons. The molecule has 0 saturated carbocycles. The molecule has 4 aromatic rings. The van der Waals surface area contributed by atoms with Crippen molar-refractivity contribution in [3.63, 3.8) is 0 Å². The van der Waals surface area contributed by atoms with Crippen molar-refractivity contribution in [1.82, 2.24) is 25.0 Å². The zero-order valence-corrected chi connectivity index (χ0v) is 14.8. The molecule has 28 heavy (non-hydrogen) atoms. The number of nitrogen functional groups attached to an aromatic ring is 1. The summed E-state index contributed by atoms with van der Waals surface area (Å²) in [6.07, 6.45) is 1.47. The average molecular weight is 377 g/mol. The quantitative estimate of drug-likeness (QED) is 0.461. The number of aryl methyl sites for hydroxylation is 1. The molecule has 0 unspecified atom stereocenters. The third-order valence-electron chi connectivity index (χ3n) is 5.14. The lowest BCUT2D eigenvalue weighted by atomic mass is 9.83. The Bertz CT molecular complexity index is 1260. The van der Waals surface area contributed by atoms with Crippen LogP contribution in [0.15, 0.2) is 47.5 Å². The number of benzene rings is 2. The minimum absolute atomic E-state index is 0.246. The van der Waals surface area contributed by atoms with Crippen LogP contribution in [0.5, 0.6) is 0 Å². The fourth-order valence-corrected chi connectivity index (χ4v) is 3.87. The zero-order valence-electron chi connectivity index (χ0n) is 14.8. The Morgan fingerprint density at radius 1 is 1.21 bits per heavy atom. The lowest BCUT2D eigenvalue weighted by Crippen LogP contribution is -2.30. The predicted molar refractivity (Wildman–Crippen MR) is 102 cm³/mol. The first-order valence-electron chi connectivity index (χ1n) is 8.70. The van der Waals surface area contributed by atoms with Gasteiger partial charge in [-0.25, -0.2) is 14.5 Å². The summed E-state index contributed by atoms with van der Waals surface area (Å²) in [6, 6.07) is 9.72. The smallest absolute Gasteiger partial charge is 0.272 e. The highest BCUT2D eigenvalue weighted by Crippen LogP contribution is 2.45. The molecule has 1 aliphatic rings. The van der Waals surface area contributed by atoms with Gasteiger partial charge in [0.1, 0.15) is 18.0 Å². The fraction of sp³-hybridized carbons (Fsp3) is 0.158. The van der Waals surface area contributed by atoms with E-state index in [4.69, 9.17) is 5.73 Å². The summed E-state index contributed by atoms with van der Waals surface area (Å²) in [5.74, 6) is -0.176. The number of nitrogens with two attached hydrogens (primary N) is 1. The van der Waals surface area contributed by atoms with Crippen LogP contribution >= 0.6 is 0 Å². The van der Waals surface area contributed by atoms with E-state index < -0.39 is 11.4 Å². The number of hydrogen-bond donors (Lipinski definition) is 3. The van der Waals surface area contributed by atoms with Crippen LogP contribution < -0.4 is 16.6 Å². The summed E-state index contributed by atoms with van der Waals surface area (Å²) in [5.41, 5.74) is 8.10. The molecule has 0 radical (unpaired) electrons. The number of aromatic amines is 1. The second kappa shape index (κ2) is 5.88. The van der Waals surface area contributed by atoms with Crippen LogP contribution in [0, 0.1) is 5.82 Å². The Balaban J connectivity index is 1.82. The van der Waals surface area contributed by atoms with Gasteiger partial charge in [0.2, 0.25) is 0 Å². The predicted octanol–water partition coefficient (Wildman–Crippen LogP) is 2.07. The summed E-state index contributed by atoms with van der Waals surface area (Å²) < 4.78 is 15.9. The molecule has 9 heteroatoms. The molecule has 1 aliphatic heterocycles. The van der Waals surface area contributed by atoms with Crippen LogP contribution in [-0.4, -0.2) is 25.0 Å². The second-order valence-electron chi connectivity index (χ2n) is 6.82. The van der Waals surface area contributed by atoms with Crippen molar-refractivity contribution in [3.05, 3.63) is 76.0 Å². The number of hydrogen-bond acceptors (Lipinski definition) is 6. The van der Waals surface area contributed by atoms with Gasteiger partial charge in [-0.05, 0) is 29.8 Å². The normalized spacial score (nSPS) is 18.2. The van der Waals surface area contributed by atoms with Crippen molar-refractivity contribution in [1.29, 1.82) is 0 Å². The number of aromatic nitrogens is 5. The summed E-state index contributed by atoms with van der Waals surface area (Å²) in [7, 11) is 1.80. The van der Waals surface area contributed by atoms with E-state index in [0.717, 1.165) is 5.56 Å². The summed E-state index contributed by atoms with van der Waals surface area (Å²) in [5, 5.41) is 15.2. The maximum atomic E-state index is 14.2. The molecule has 2 aromatic carbocycles. The molecule has 2 aromatic heterocycles. The van der Waals surface area contributed by atoms with Crippen LogP contribution in [-0.2, 0) is 7.05 Å². The second-order valence-corrected chi connectivity index (χ2v) is 6.82. The van der Waals surface area contributed by atoms with E-state index in [9.17, 15) is 9.18 Å². The van der Waals surface area contributed by atoms with Gasteiger partial charge in [0.25, 0.3) is 5.56 Å². The minimum atomic E-state index is -0.495. The summed E-state index contributed by atoms with van der Waals surface area (Å²) >= 11 is 0. The van der Waals surface area contributed by atoms with Gasteiger partial charge in [0.15, 0.2) is 0 Å². The third kappa shape index (κ3) is 2.36. The number of halogens is 1. The molecule has 0 aliphatic carbocycles. The van der Waals surface area contributed by atoms with Gasteiger partial charge < -0.3 is 11.1 Å². The van der Waals surface area contributed by atoms with Crippen molar-refractivity contribution >= 4 is 22.1 Å². The Morgan fingerprint density at radius 3 is 2.71 bits per heavy atom. The first-order valence-corrected chi connectivity index (χ1v) is 8.70. The first kappa shape index (κ1) is 16.4. The molecule has 2 atom stereocenters. The minimum Gasteiger partial charge on any atom is -0.399 e. The standard InChI is InChI=1S/C19H16FN7O/c1-27-18(22-8-23-27)15-16(9-2-4-11(21)5-3-9)24-13-7-10(20)6-12-14(13)17(15)25-26-19(12)28/h2-8,15-16,24H,21H2,1H3,(H,26,28)/t15-,16-/m1/s1. The van der Waals surface area contributed by atoms with Crippen LogP contribution in [0.3, 0.4) is 0 Å². The molecule has 8 nitrogen and oxygen atoms in total. The topological polar surface area (TPSA) is 115 Å². The van der Waals surface area contributed by atoms with E-state index in [1.165, 1.54) is 18.5 Å². The van der Waals surface area contributed by atoms with Crippen LogP contribution in [0.1, 0.15) is 29.0 Å². The zero-order chi connectivity index (χ0) is 19.4. The Kier molecular flexibility index (Phi) is 3.45. The lowest BCUT2D eigenvalue weighted by Gasteiger charge is -2.33. The number of H-pyrrole nitrogens is 1. The summed E-state index contributed by atoms with van der Waals surface area (Å²) in [6.45, 7) is 0. The van der Waals surface area contributed by atoms with Gasteiger partial charge in [-0.1, -0.05) is 12.1 Å². The Hall–Kier alpha value is -3.75. The molecule has 0 fully saturated rings. The molecular formula is C19H16FN7O. The molecule has 0 amide bonds. The average Bonchev–Trinajstić information content (AvgIpc) is 3.10. The monoisotopic (exact) mass is 377 g/mol. The van der Waals surface area contributed by atoms with Crippen molar-refractivity contribution < 1.29 is 4.39 Å². The number of nitrogens with one attached hydrogen (secondary N) is 2. The third-order valence-corrected chi connectivity index (χ3v) is 5.14. The van der Waals surface area contributed by atoms with Gasteiger partial charge in [0, 0.05) is 23.8 Å². The summed E-state index contributed by atoms with van der Waals surface area (Å²) in [4.78, 5) is 16.7. The van der Waals surface area contributed by atoms with Gasteiger partial charge in [0.05, 0.1) is 23.0 Å². The largest absolute Gasteiger partial charge is 0.399 e.